The maximum Gasteiger partial charge on any atom is 0.238 e. The lowest BCUT2D eigenvalue weighted by atomic mass is 9.82. The second kappa shape index (κ2) is 14.9. The molecule has 15 rings (SSSR count). The fourth-order valence-electron chi connectivity index (χ4n) is 12.2. The van der Waals surface area contributed by atoms with E-state index in [9.17, 15) is 0 Å². The molecular formula is C66H43N5. The van der Waals surface area contributed by atoms with Crippen LogP contribution in [-0.2, 0) is 5.41 Å². The lowest BCUT2D eigenvalue weighted by Crippen LogP contribution is -2.14. The minimum absolute atomic E-state index is 0.183. The summed E-state index contributed by atoms with van der Waals surface area (Å²) < 4.78 is 4.79. The molecule has 0 spiro atoms. The van der Waals surface area contributed by atoms with Gasteiger partial charge in [0.05, 0.1) is 27.8 Å². The fraction of sp³-hybridized carbons (Fsp3) is 0.0455. The molecule has 0 amide bonds. The van der Waals surface area contributed by atoms with Gasteiger partial charge in [-0.25, -0.2) is 4.98 Å². The van der Waals surface area contributed by atoms with Crippen molar-refractivity contribution in [3.8, 4) is 56.7 Å². The molecule has 0 N–H and O–H groups in total. The van der Waals surface area contributed by atoms with Crippen LogP contribution in [0.1, 0.15) is 25.0 Å². The standard InChI is InChI=1S/C66H43N5/c1-66(2)55-30-14-10-28-52(55)60-53(29-18-31-56(60)66)64-67-63(40-19-4-3-5-20-40)68-65(69-64)71-59-34-17-13-27-49(59)51-38-37-50-48-26-12-16-33-58(48)70(61(50)62(51)71)57-32-15-11-21-42(57)41-35-36-47-45-24-7-6-22-43(45)44-23-8-9-25-46(44)54(47)39-41/h3-39H,1-2H3. The number of aromatic nitrogens is 5. The van der Waals surface area contributed by atoms with Gasteiger partial charge in [0.1, 0.15) is 0 Å². The summed E-state index contributed by atoms with van der Waals surface area (Å²) in [5, 5.41) is 12.1. The van der Waals surface area contributed by atoms with Gasteiger partial charge in [0.25, 0.3) is 0 Å². The molecule has 11 aromatic carbocycles. The molecule has 5 heteroatoms. The number of benzene rings is 11. The van der Waals surface area contributed by atoms with Crippen LogP contribution in [0, 0.1) is 0 Å². The fourth-order valence-corrected chi connectivity index (χ4v) is 12.2. The number of hydrogen-bond donors (Lipinski definition) is 0. The van der Waals surface area contributed by atoms with E-state index < -0.39 is 0 Å². The van der Waals surface area contributed by atoms with Crippen LogP contribution in [0.5, 0.6) is 0 Å². The highest BCUT2D eigenvalue weighted by molar-refractivity contribution is 6.26. The molecule has 1 aliphatic rings. The number of rotatable bonds is 5. The van der Waals surface area contributed by atoms with Crippen molar-refractivity contribution in [2.75, 3.05) is 0 Å². The van der Waals surface area contributed by atoms with Gasteiger partial charge in [0.2, 0.25) is 5.95 Å². The van der Waals surface area contributed by atoms with E-state index in [0.717, 1.165) is 66.2 Å². The number of hydrogen-bond acceptors (Lipinski definition) is 3. The van der Waals surface area contributed by atoms with Crippen LogP contribution in [0.3, 0.4) is 0 Å². The summed E-state index contributed by atoms with van der Waals surface area (Å²) in [6.45, 7) is 4.64. The molecule has 0 radical (unpaired) electrons. The highest BCUT2D eigenvalue weighted by atomic mass is 15.2. The van der Waals surface area contributed by atoms with E-state index in [1.54, 1.807) is 0 Å². The zero-order valence-corrected chi connectivity index (χ0v) is 39.1. The third kappa shape index (κ3) is 5.66. The summed E-state index contributed by atoms with van der Waals surface area (Å²) in [7, 11) is 0. The predicted octanol–water partition coefficient (Wildman–Crippen LogP) is 16.8. The first-order valence-electron chi connectivity index (χ1n) is 24.5. The van der Waals surface area contributed by atoms with Crippen LogP contribution in [0.4, 0.5) is 0 Å². The molecule has 14 aromatic rings. The molecule has 0 bridgehead atoms. The average Bonchev–Trinajstić information content (AvgIpc) is 4.04. The Morgan fingerprint density at radius 3 is 1.52 bits per heavy atom. The molecule has 3 aromatic heterocycles. The van der Waals surface area contributed by atoms with Crippen molar-refractivity contribution in [2.45, 2.75) is 19.3 Å². The minimum Gasteiger partial charge on any atom is -0.307 e. The smallest absolute Gasteiger partial charge is 0.238 e. The first kappa shape index (κ1) is 39.8. The summed E-state index contributed by atoms with van der Waals surface area (Å²) >= 11 is 0. The molecule has 0 unspecified atom stereocenters. The third-order valence-electron chi connectivity index (χ3n) is 15.4. The zero-order valence-electron chi connectivity index (χ0n) is 39.1. The van der Waals surface area contributed by atoms with Gasteiger partial charge in [-0.05, 0) is 84.4 Å². The predicted molar refractivity (Wildman–Crippen MR) is 295 cm³/mol. The molecule has 0 saturated carbocycles. The van der Waals surface area contributed by atoms with Gasteiger partial charge >= 0.3 is 0 Å². The third-order valence-corrected chi connectivity index (χ3v) is 15.4. The maximum absolute atomic E-state index is 5.61. The lowest BCUT2D eigenvalue weighted by Gasteiger charge is -2.21. The average molecular weight is 906 g/mol. The maximum atomic E-state index is 5.61. The number of nitrogens with zero attached hydrogens (tertiary/aromatic N) is 5. The van der Waals surface area contributed by atoms with Gasteiger partial charge in [0, 0.05) is 43.7 Å². The quantitative estimate of drug-likeness (QED) is 0.162. The highest BCUT2D eigenvalue weighted by Gasteiger charge is 2.37. The van der Waals surface area contributed by atoms with Crippen LogP contribution in [0.2, 0.25) is 0 Å². The summed E-state index contributed by atoms with van der Waals surface area (Å²) in [6.07, 6.45) is 0. The van der Waals surface area contributed by atoms with Crippen LogP contribution in [0.15, 0.2) is 224 Å². The first-order valence-corrected chi connectivity index (χ1v) is 24.5. The molecule has 332 valence electrons. The molecule has 71 heavy (non-hydrogen) atoms. The van der Waals surface area contributed by atoms with E-state index >= 15 is 0 Å². The Labute approximate surface area is 409 Å². The lowest BCUT2D eigenvalue weighted by molar-refractivity contribution is 0.660. The SMILES string of the molecule is CC1(C)c2ccccc2-c2c(-c3nc(-c4ccccc4)nc(-n4c5ccccc5c5ccc6c7ccccc7n(-c7ccccc7-c7ccc8c9ccccc9c9ccccc9c8c7)c6c54)n3)cccc21. The van der Waals surface area contributed by atoms with Crippen LogP contribution in [-0.4, -0.2) is 24.1 Å². The Hall–Kier alpha value is -9.19. The highest BCUT2D eigenvalue weighted by Crippen LogP contribution is 2.52. The van der Waals surface area contributed by atoms with E-state index in [1.165, 1.54) is 60.0 Å². The largest absolute Gasteiger partial charge is 0.307 e. The molecule has 3 heterocycles. The van der Waals surface area contributed by atoms with Crippen LogP contribution in [0.25, 0.3) is 133 Å². The summed E-state index contributed by atoms with van der Waals surface area (Å²) in [4.78, 5) is 16.4. The van der Waals surface area contributed by atoms with Gasteiger partial charge < -0.3 is 4.57 Å². The molecule has 0 saturated heterocycles. The number of fused-ring (bicyclic) bond motifs is 16. The van der Waals surface area contributed by atoms with Crippen molar-refractivity contribution in [1.82, 2.24) is 24.1 Å². The molecular weight excluding hydrogens is 863 g/mol. The minimum atomic E-state index is -0.183. The Balaban J connectivity index is 1.04. The summed E-state index contributed by atoms with van der Waals surface area (Å²) in [5.74, 6) is 1.82. The second-order valence-electron chi connectivity index (χ2n) is 19.5. The Bertz CT molecular complexity index is 4520. The number of para-hydroxylation sites is 3. The Morgan fingerprint density at radius 2 is 0.817 bits per heavy atom. The van der Waals surface area contributed by atoms with Crippen LogP contribution < -0.4 is 0 Å². The van der Waals surface area contributed by atoms with E-state index in [-0.39, 0.29) is 5.41 Å². The van der Waals surface area contributed by atoms with Gasteiger partial charge in [-0.15, -0.1) is 0 Å². The van der Waals surface area contributed by atoms with Gasteiger partial charge in [-0.2, -0.15) is 9.97 Å². The van der Waals surface area contributed by atoms with Crippen molar-refractivity contribution in [3.05, 3.63) is 236 Å². The monoisotopic (exact) mass is 905 g/mol. The van der Waals surface area contributed by atoms with E-state index in [1.807, 2.05) is 6.07 Å². The van der Waals surface area contributed by atoms with Crippen molar-refractivity contribution in [2.24, 2.45) is 0 Å². The topological polar surface area (TPSA) is 48.5 Å². The molecule has 5 nitrogen and oxygen atoms in total. The summed E-state index contributed by atoms with van der Waals surface area (Å²) in [5.41, 5.74) is 14.4. The van der Waals surface area contributed by atoms with E-state index in [0.29, 0.717) is 17.6 Å². The van der Waals surface area contributed by atoms with Crippen molar-refractivity contribution in [3.63, 3.8) is 0 Å². The van der Waals surface area contributed by atoms with E-state index in [4.69, 9.17) is 15.0 Å². The van der Waals surface area contributed by atoms with Gasteiger partial charge in [-0.3, -0.25) is 4.57 Å². The second-order valence-corrected chi connectivity index (χ2v) is 19.5. The van der Waals surface area contributed by atoms with Crippen molar-refractivity contribution >= 4 is 75.9 Å². The van der Waals surface area contributed by atoms with Crippen LogP contribution >= 0.6 is 0 Å². The van der Waals surface area contributed by atoms with E-state index in [2.05, 4.69) is 241 Å². The normalized spacial score (nSPS) is 13.0. The molecule has 0 atom stereocenters. The molecule has 0 aliphatic heterocycles. The molecule has 1 aliphatic carbocycles. The van der Waals surface area contributed by atoms with Crippen molar-refractivity contribution in [1.29, 1.82) is 0 Å². The molecule has 0 fully saturated rings. The van der Waals surface area contributed by atoms with Gasteiger partial charge in [0.15, 0.2) is 11.6 Å². The summed E-state index contributed by atoms with van der Waals surface area (Å²) in [6, 6.07) is 81.4. The Morgan fingerprint density at radius 1 is 0.324 bits per heavy atom. The van der Waals surface area contributed by atoms with Crippen molar-refractivity contribution < 1.29 is 0 Å². The Kier molecular flexibility index (Phi) is 8.35. The zero-order chi connectivity index (χ0) is 47.0. The first-order chi connectivity index (χ1) is 35.0. The van der Waals surface area contributed by atoms with Gasteiger partial charge in [-0.1, -0.05) is 214 Å².